The SMILES string of the molecule is COC(=O)[C@@H]1C[C@@H](Oc2nc(-c3ccccn3)nc3ccsc23)CN1C(=O)[C@@H](NC(=O)NC(C)(C)C)C(C)(C)C. The number of carbonyl (C=O) groups excluding carboxylic acids is 3. The number of thiophene rings is 1. The van der Waals surface area contributed by atoms with Crippen molar-refractivity contribution < 1.29 is 23.9 Å². The summed E-state index contributed by atoms with van der Waals surface area (Å²) < 4.78 is 12.2. The third-order valence-corrected chi connectivity index (χ3v) is 7.23. The average molecular weight is 569 g/mol. The summed E-state index contributed by atoms with van der Waals surface area (Å²) in [7, 11) is 1.29. The maximum atomic E-state index is 13.9. The van der Waals surface area contributed by atoms with E-state index in [0.717, 1.165) is 4.70 Å². The number of urea groups is 1. The van der Waals surface area contributed by atoms with Crippen molar-refractivity contribution in [3.63, 3.8) is 0 Å². The van der Waals surface area contributed by atoms with Gasteiger partial charge in [0.15, 0.2) is 5.82 Å². The van der Waals surface area contributed by atoms with E-state index in [-0.39, 0.29) is 13.0 Å². The summed E-state index contributed by atoms with van der Waals surface area (Å²) >= 11 is 1.44. The van der Waals surface area contributed by atoms with Gasteiger partial charge in [0.05, 0.1) is 19.2 Å². The molecule has 0 spiro atoms. The molecule has 0 aromatic carbocycles. The first-order chi connectivity index (χ1) is 18.8. The van der Waals surface area contributed by atoms with Crippen molar-refractivity contribution in [3.05, 3.63) is 35.8 Å². The van der Waals surface area contributed by atoms with E-state index in [4.69, 9.17) is 9.47 Å². The molecule has 0 unspecified atom stereocenters. The Morgan fingerprint density at radius 3 is 2.48 bits per heavy atom. The van der Waals surface area contributed by atoms with Gasteiger partial charge in [-0.1, -0.05) is 26.8 Å². The Morgan fingerprint density at radius 2 is 1.85 bits per heavy atom. The Hall–Kier alpha value is -3.80. The third-order valence-electron chi connectivity index (χ3n) is 6.34. The number of esters is 1. The molecule has 40 heavy (non-hydrogen) atoms. The average Bonchev–Trinajstić information content (AvgIpc) is 3.53. The normalized spacial score (nSPS) is 18.3. The molecule has 3 amide bonds. The first-order valence-corrected chi connectivity index (χ1v) is 13.9. The molecule has 11 nitrogen and oxygen atoms in total. The smallest absolute Gasteiger partial charge is 0.328 e. The van der Waals surface area contributed by atoms with Crippen molar-refractivity contribution >= 4 is 39.5 Å². The van der Waals surface area contributed by atoms with E-state index in [1.54, 1.807) is 6.20 Å². The van der Waals surface area contributed by atoms with Crippen molar-refractivity contribution in [3.8, 4) is 17.4 Å². The number of aromatic nitrogens is 3. The Bertz CT molecular complexity index is 1380. The number of carbonyl (C=O) groups is 3. The lowest BCUT2D eigenvalue weighted by molar-refractivity contribution is -0.152. The zero-order valence-electron chi connectivity index (χ0n) is 23.8. The van der Waals surface area contributed by atoms with Crippen molar-refractivity contribution in [2.75, 3.05) is 13.7 Å². The van der Waals surface area contributed by atoms with Gasteiger partial charge in [0.2, 0.25) is 11.8 Å². The van der Waals surface area contributed by atoms with E-state index in [0.29, 0.717) is 22.9 Å². The Labute approximate surface area is 237 Å². The number of rotatable bonds is 6. The van der Waals surface area contributed by atoms with Crippen LogP contribution in [0.5, 0.6) is 5.88 Å². The Balaban J connectivity index is 1.61. The molecule has 0 radical (unpaired) electrons. The molecule has 214 valence electrons. The zero-order valence-corrected chi connectivity index (χ0v) is 24.7. The third kappa shape index (κ3) is 6.67. The summed E-state index contributed by atoms with van der Waals surface area (Å²) in [4.78, 5) is 54.5. The summed E-state index contributed by atoms with van der Waals surface area (Å²) in [5, 5.41) is 7.55. The summed E-state index contributed by atoms with van der Waals surface area (Å²) in [6.45, 7) is 11.3. The number of fused-ring (bicyclic) bond motifs is 1. The lowest BCUT2D eigenvalue weighted by Gasteiger charge is -2.35. The second-order valence-corrected chi connectivity index (χ2v) is 12.8. The quantitative estimate of drug-likeness (QED) is 0.429. The molecule has 3 aromatic heterocycles. The van der Waals surface area contributed by atoms with Gasteiger partial charge < -0.3 is 25.0 Å². The highest BCUT2D eigenvalue weighted by Crippen LogP contribution is 2.34. The maximum Gasteiger partial charge on any atom is 0.328 e. The van der Waals surface area contributed by atoms with E-state index in [2.05, 4.69) is 25.6 Å². The molecule has 0 saturated carbocycles. The van der Waals surface area contributed by atoms with Crippen molar-refractivity contribution in [2.24, 2.45) is 5.41 Å². The van der Waals surface area contributed by atoms with Gasteiger partial charge in [0, 0.05) is 18.2 Å². The Kier molecular flexibility index (Phi) is 8.29. The highest BCUT2D eigenvalue weighted by atomic mass is 32.1. The molecule has 1 saturated heterocycles. The van der Waals surface area contributed by atoms with Crippen LogP contribution in [0.25, 0.3) is 21.7 Å². The van der Waals surface area contributed by atoms with Crippen LogP contribution in [0.4, 0.5) is 4.79 Å². The first kappa shape index (κ1) is 29.2. The zero-order chi connectivity index (χ0) is 29.2. The molecular weight excluding hydrogens is 532 g/mol. The second-order valence-electron chi connectivity index (χ2n) is 11.9. The molecule has 3 atom stereocenters. The molecule has 1 fully saturated rings. The predicted molar refractivity (Wildman–Crippen MR) is 152 cm³/mol. The van der Waals surface area contributed by atoms with Gasteiger partial charge >= 0.3 is 12.0 Å². The molecule has 0 aliphatic carbocycles. The number of nitrogens with zero attached hydrogens (tertiary/aromatic N) is 4. The number of pyridine rings is 1. The molecule has 1 aliphatic rings. The minimum atomic E-state index is -0.903. The van der Waals surface area contributed by atoms with Gasteiger partial charge in [-0.3, -0.25) is 9.78 Å². The first-order valence-electron chi connectivity index (χ1n) is 13.1. The minimum absolute atomic E-state index is 0.115. The molecule has 4 rings (SSSR count). The van der Waals surface area contributed by atoms with Crippen LogP contribution < -0.4 is 15.4 Å². The fourth-order valence-corrected chi connectivity index (χ4v) is 5.25. The number of ether oxygens (including phenoxy) is 2. The molecule has 3 aromatic rings. The number of likely N-dealkylation sites (tertiary alicyclic amines) is 1. The Morgan fingerprint density at radius 1 is 1.10 bits per heavy atom. The molecular formula is C28H36N6O5S. The fraction of sp³-hybridized carbons (Fsp3) is 0.500. The predicted octanol–water partition coefficient (Wildman–Crippen LogP) is 3.79. The topological polar surface area (TPSA) is 136 Å². The van der Waals surface area contributed by atoms with Gasteiger partial charge in [-0.25, -0.2) is 14.6 Å². The molecule has 2 N–H and O–H groups in total. The lowest BCUT2D eigenvalue weighted by Crippen LogP contribution is -2.60. The van der Waals surface area contributed by atoms with Gasteiger partial charge in [-0.15, -0.1) is 11.3 Å². The van der Waals surface area contributed by atoms with E-state index in [1.807, 2.05) is 71.2 Å². The number of hydrogen-bond donors (Lipinski definition) is 2. The standard InChI is InChI=1S/C28H36N6O5S/c1-27(2,3)21(31-26(37)33-28(4,5)6)24(35)34-15-16(14-19(34)25(36)38-7)39-23-20-17(11-13-40-20)30-22(32-23)18-10-8-9-12-29-18/h8-13,16,19,21H,14-15H2,1-7H3,(H2,31,33,37)/t16-,19+,21-/m1/s1. The minimum Gasteiger partial charge on any atom is -0.471 e. The number of amides is 3. The van der Waals surface area contributed by atoms with Gasteiger partial charge in [0.1, 0.15) is 28.6 Å². The van der Waals surface area contributed by atoms with Crippen LogP contribution >= 0.6 is 11.3 Å². The van der Waals surface area contributed by atoms with Crippen LogP contribution in [-0.2, 0) is 14.3 Å². The van der Waals surface area contributed by atoms with Crippen LogP contribution in [0.2, 0.25) is 0 Å². The van der Waals surface area contributed by atoms with E-state index in [9.17, 15) is 14.4 Å². The van der Waals surface area contributed by atoms with E-state index < -0.39 is 47.0 Å². The number of hydrogen-bond acceptors (Lipinski definition) is 9. The highest BCUT2D eigenvalue weighted by Gasteiger charge is 2.46. The summed E-state index contributed by atoms with van der Waals surface area (Å²) in [5.41, 5.74) is 0.186. The number of nitrogens with one attached hydrogen (secondary N) is 2. The molecule has 1 aliphatic heterocycles. The van der Waals surface area contributed by atoms with Gasteiger partial charge in [0.25, 0.3) is 0 Å². The van der Waals surface area contributed by atoms with Crippen LogP contribution in [0.3, 0.4) is 0 Å². The maximum absolute atomic E-state index is 13.9. The molecule has 4 heterocycles. The van der Waals surface area contributed by atoms with Crippen LogP contribution in [0.1, 0.15) is 48.0 Å². The van der Waals surface area contributed by atoms with E-state index >= 15 is 0 Å². The monoisotopic (exact) mass is 568 g/mol. The summed E-state index contributed by atoms with van der Waals surface area (Å²) in [5.74, 6) is -0.169. The van der Waals surface area contributed by atoms with Gasteiger partial charge in [-0.05, 0) is 49.8 Å². The van der Waals surface area contributed by atoms with Crippen LogP contribution in [0, 0.1) is 5.41 Å². The van der Waals surface area contributed by atoms with Crippen molar-refractivity contribution in [1.82, 2.24) is 30.5 Å². The summed E-state index contributed by atoms with van der Waals surface area (Å²) in [6, 6.07) is 5.11. The van der Waals surface area contributed by atoms with Crippen LogP contribution in [0.15, 0.2) is 35.8 Å². The van der Waals surface area contributed by atoms with E-state index in [1.165, 1.54) is 23.3 Å². The lowest BCUT2D eigenvalue weighted by atomic mass is 9.85. The van der Waals surface area contributed by atoms with Crippen LogP contribution in [-0.4, -0.2) is 75.1 Å². The number of methoxy groups -OCH3 is 1. The molecule has 12 heteroatoms. The highest BCUT2D eigenvalue weighted by molar-refractivity contribution is 7.17. The summed E-state index contributed by atoms with van der Waals surface area (Å²) in [6.07, 6.45) is 1.33. The largest absolute Gasteiger partial charge is 0.471 e. The molecule has 0 bridgehead atoms. The van der Waals surface area contributed by atoms with Crippen molar-refractivity contribution in [2.45, 2.75) is 71.7 Å². The van der Waals surface area contributed by atoms with Crippen molar-refractivity contribution in [1.29, 1.82) is 0 Å². The van der Waals surface area contributed by atoms with Gasteiger partial charge in [-0.2, -0.15) is 4.98 Å². The fourth-order valence-electron chi connectivity index (χ4n) is 4.49. The second kappa shape index (κ2) is 11.4.